The van der Waals surface area contributed by atoms with Crippen molar-refractivity contribution in [3.8, 4) is 5.75 Å². The molecule has 5 nitrogen and oxygen atoms in total. The molecule has 138 valence electrons. The van der Waals surface area contributed by atoms with Gasteiger partial charge in [-0.1, -0.05) is 25.1 Å². The van der Waals surface area contributed by atoms with Gasteiger partial charge in [0.1, 0.15) is 5.75 Å². The number of guanidine groups is 1. The summed E-state index contributed by atoms with van der Waals surface area (Å²) in [5.41, 5.74) is 1.20. The van der Waals surface area contributed by atoms with Gasteiger partial charge >= 0.3 is 0 Å². The third-order valence-corrected chi connectivity index (χ3v) is 4.20. The highest BCUT2D eigenvalue weighted by Gasteiger charge is 2.06. The monoisotopic (exact) mass is 448 g/mol. The number of methoxy groups -OCH3 is 1. The van der Waals surface area contributed by atoms with Gasteiger partial charge in [0.2, 0.25) is 0 Å². The molecule has 0 saturated heterocycles. The predicted molar refractivity (Wildman–Crippen MR) is 114 cm³/mol. The summed E-state index contributed by atoms with van der Waals surface area (Å²) in [6, 6.07) is 8.72. The average molecular weight is 448 g/mol. The van der Waals surface area contributed by atoms with Crippen molar-refractivity contribution in [3.63, 3.8) is 0 Å². The molecule has 0 aliphatic rings. The van der Waals surface area contributed by atoms with Crippen molar-refractivity contribution < 1.29 is 4.74 Å². The largest absolute Gasteiger partial charge is 0.496 e. The quantitative estimate of drug-likeness (QED) is 0.347. The second-order valence-corrected chi connectivity index (χ2v) is 5.73. The third-order valence-electron chi connectivity index (χ3n) is 4.20. The van der Waals surface area contributed by atoms with Crippen molar-refractivity contribution in [3.05, 3.63) is 29.8 Å². The van der Waals surface area contributed by atoms with Gasteiger partial charge in [-0.05, 0) is 38.4 Å². The van der Waals surface area contributed by atoms with Crippen LogP contribution in [0.25, 0.3) is 0 Å². The SMILES string of the molecule is CCC(C)N(C)CCNC(=NC)NCCc1ccccc1OC.I. The maximum absolute atomic E-state index is 5.37. The summed E-state index contributed by atoms with van der Waals surface area (Å²) in [7, 11) is 5.67. The zero-order valence-corrected chi connectivity index (χ0v) is 18.0. The van der Waals surface area contributed by atoms with Crippen LogP contribution in [0.1, 0.15) is 25.8 Å². The van der Waals surface area contributed by atoms with E-state index in [0.717, 1.165) is 37.8 Å². The number of likely N-dealkylation sites (N-methyl/N-ethyl adjacent to an activating group) is 1. The van der Waals surface area contributed by atoms with Crippen molar-refractivity contribution in [2.24, 2.45) is 4.99 Å². The Labute approximate surface area is 164 Å². The van der Waals surface area contributed by atoms with E-state index in [9.17, 15) is 0 Å². The van der Waals surface area contributed by atoms with Gasteiger partial charge in [0.15, 0.2) is 5.96 Å². The van der Waals surface area contributed by atoms with E-state index in [2.05, 4.69) is 47.5 Å². The zero-order chi connectivity index (χ0) is 17.1. The van der Waals surface area contributed by atoms with Crippen molar-refractivity contribution in [2.75, 3.05) is 40.8 Å². The number of benzene rings is 1. The lowest BCUT2D eigenvalue weighted by Crippen LogP contribution is -2.42. The van der Waals surface area contributed by atoms with Crippen molar-refractivity contribution in [1.29, 1.82) is 0 Å². The molecule has 6 heteroatoms. The molecular weight excluding hydrogens is 415 g/mol. The lowest BCUT2D eigenvalue weighted by molar-refractivity contribution is 0.255. The molecule has 0 saturated carbocycles. The second kappa shape index (κ2) is 13.3. The molecule has 24 heavy (non-hydrogen) atoms. The highest BCUT2D eigenvalue weighted by molar-refractivity contribution is 14.0. The van der Waals surface area contributed by atoms with Gasteiger partial charge in [0, 0.05) is 32.7 Å². The first-order valence-corrected chi connectivity index (χ1v) is 8.39. The number of halogens is 1. The predicted octanol–water partition coefficient (Wildman–Crippen LogP) is 2.75. The number of hydrogen-bond acceptors (Lipinski definition) is 3. The van der Waals surface area contributed by atoms with Gasteiger partial charge in [0.05, 0.1) is 7.11 Å². The lowest BCUT2D eigenvalue weighted by Gasteiger charge is -2.24. The minimum Gasteiger partial charge on any atom is -0.496 e. The van der Waals surface area contributed by atoms with Crippen molar-refractivity contribution in [2.45, 2.75) is 32.7 Å². The van der Waals surface area contributed by atoms with Crippen LogP contribution in [0.5, 0.6) is 5.75 Å². The summed E-state index contributed by atoms with van der Waals surface area (Å²) < 4.78 is 5.37. The van der Waals surface area contributed by atoms with Gasteiger partial charge < -0.3 is 20.3 Å². The Hall–Kier alpha value is -1.02. The normalized spacial score (nSPS) is 12.5. The average Bonchev–Trinajstić information content (AvgIpc) is 2.59. The highest BCUT2D eigenvalue weighted by Crippen LogP contribution is 2.17. The molecule has 0 aromatic heterocycles. The number of para-hydroxylation sites is 1. The first-order chi connectivity index (χ1) is 11.1. The standard InChI is InChI=1S/C18H32N4O.HI/c1-6-15(2)22(4)14-13-21-18(19-3)20-12-11-16-9-7-8-10-17(16)23-5;/h7-10,15H,6,11-14H2,1-5H3,(H2,19,20,21);1H. The second-order valence-electron chi connectivity index (χ2n) is 5.73. The van der Waals surface area contributed by atoms with Crippen LogP contribution in [0.4, 0.5) is 0 Å². The summed E-state index contributed by atoms with van der Waals surface area (Å²) >= 11 is 0. The van der Waals surface area contributed by atoms with Crippen molar-refractivity contribution in [1.82, 2.24) is 15.5 Å². The fourth-order valence-corrected chi connectivity index (χ4v) is 2.33. The number of nitrogens with one attached hydrogen (secondary N) is 2. The first-order valence-electron chi connectivity index (χ1n) is 8.39. The topological polar surface area (TPSA) is 48.9 Å². The molecule has 1 rings (SSSR count). The molecule has 0 aliphatic heterocycles. The minimum atomic E-state index is 0. The lowest BCUT2D eigenvalue weighted by atomic mass is 10.1. The number of aliphatic imine (C=N–C) groups is 1. The highest BCUT2D eigenvalue weighted by atomic mass is 127. The Morgan fingerprint density at radius 3 is 2.54 bits per heavy atom. The molecule has 1 unspecified atom stereocenters. The van der Waals surface area contributed by atoms with E-state index < -0.39 is 0 Å². The van der Waals surface area contributed by atoms with Gasteiger partial charge in [-0.3, -0.25) is 4.99 Å². The van der Waals surface area contributed by atoms with Crippen LogP contribution < -0.4 is 15.4 Å². The summed E-state index contributed by atoms with van der Waals surface area (Å²) in [6.07, 6.45) is 2.07. The van der Waals surface area contributed by atoms with Crippen LogP contribution in [0.15, 0.2) is 29.3 Å². The molecule has 0 heterocycles. The number of ether oxygens (including phenoxy) is 1. The van der Waals surface area contributed by atoms with E-state index in [0.29, 0.717) is 6.04 Å². The van der Waals surface area contributed by atoms with Crippen LogP contribution in [0.3, 0.4) is 0 Å². The fourth-order valence-electron chi connectivity index (χ4n) is 2.33. The van der Waals surface area contributed by atoms with Crippen LogP contribution in [0, 0.1) is 0 Å². The van der Waals surface area contributed by atoms with E-state index in [1.54, 1.807) is 14.2 Å². The molecule has 0 spiro atoms. The fraction of sp³-hybridized carbons (Fsp3) is 0.611. The van der Waals surface area contributed by atoms with Gasteiger partial charge in [0.25, 0.3) is 0 Å². The molecule has 0 fully saturated rings. The molecule has 2 N–H and O–H groups in total. The maximum Gasteiger partial charge on any atom is 0.191 e. The number of rotatable bonds is 9. The van der Waals surface area contributed by atoms with E-state index in [-0.39, 0.29) is 24.0 Å². The third kappa shape index (κ3) is 8.19. The molecule has 1 atom stereocenters. The summed E-state index contributed by atoms with van der Waals surface area (Å²) in [5, 5.41) is 6.71. The molecule has 0 bridgehead atoms. The van der Waals surface area contributed by atoms with Crippen molar-refractivity contribution >= 4 is 29.9 Å². The smallest absolute Gasteiger partial charge is 0.191 e. The van der Waals surface area contributed by atoms with Crippen LogP contribution in [-0.4, -0.2) is 57.7 Å². The molecule has 0 amide bonds. The van der Waals surface area contributed by atoms with Crippen LogP contribution >= 0.6 is 24.0 Å². The van der Waals surface area contributed by atoms with Crippen LogP contribution in [0.2, 0.25) is 0 Å². The zero-order valence-electron chi connectivity index (χ0n) is 15.6. The minimum absolute atomic E-state index is 0. The molecular formula is C18H33IN4O. The van der Waals surface area contributed by atoms with E-state index >= 15 is 0 Å². The maximum atomic E-state index is 5.37. The number of hydrogen-bond donors (Lipinski definition) is 2. The number of nitrogens with zero attached hydrogens (tertiary/aromatic N) is 2. The van der Waals surface area contributed by atoms with E-state index in [4.69, 9.17) is 4.74 Å². The summed E-state index contributed by atoms with van der Waals surface area (Å²) in [4.78, 5) is 6.62. The summed E-state index contributed by atoms with van der Waals surface area (Å²) in [6.45, 7) is 7.17. The summed E-state index contributed by atoms with van der Waals surface area (Å²) in [5.74, 6) is 1.78. The van der Waals surface area contributed by atoms with Gasteiger partial charge in [-0.25, -0.2) is 0 Å². The van der Waals surface area contributed by atoms with Gasteiger partial charge in [-0.15, -0.1) is 24.0 Å². The van der Waals surface area contributed by atoms with Crippen LogP contribution in [-0.2, 0) is 6.42 Å². The molecule has 1 aromatic carbocycles. The molecule has 1 aromatic rings. The Bertz CT molecular complexity index is 482. The Kier molecular flexibility index (Phi) is 12.7. The molecule has 0 aliphatic carbocycles. The van der Waals surface area contributed by atoms with Gasteiger partial charge in [-0.2, -0.15) is 0 Å². The Morgan fingerprint density at radius 1 is 1.25 bits per heavy atom. The Balaban J connectivity index is 0.00000529. The molecule has 0 radical (unpaired) electrons. The first kappa shape index (κ1) is 23.0. The van der Waals surface area contributed by atoms with E-state index in [1.807, 2.05) is 18.2 Å². The van der Waals surface area contributed by atoms with E-state index in [1.165, 1.54) is 12.0 Å². The Morgan fingerprint density at radius 2 is 1.92 bits per heavy atom.